The number of cyclic esters (lactones) is 1. The summed E-state index contributed by atoms with van der Waals surface area (Å²) in [5.41, 5.74) is 1.29. The summed E-state index contributed by atoms with van der Waals surface area (Å²) >= 11 is 0. The SMILES string of the molecule is COC1CC(=O)OC(CCC2C(C)C=CC3=CC(C)CC(O)C32)C1. The van der Waals surface area contributed by atoms with Crippen molar-refractivity contribution in [1.82, 2.24) is 0 Å². The van der Waals surface area contributed by atoms with E-state index in [1.54, 1.807) is 7.11 Å². The maximum absolute atomic E-state index is 11.7. The third kappa shape index (κ3) is 3.75. The molecule has 1 aliphatic heterocycles. The summed E-state index contributed by atoms with van der Waals surface area (Å²) in [6.07, 6.45) is 10.2. The van der Waals surface area contributed by atoms with Crippen molar-refractivity contribution in [3.05, 3.63) is 23.8 Å². The largest absolute Gasteiger partial charge is 0.462 e. The first kappa shape index (κ1) is 17.7. The van der Waals surface area contributed by atoms with Crippen molar-refractivity contribution in [3.8, 4) is 0 Å². The molecule has 0 aromatic carbocycles. The first-order valence-corrected chi connectivity index (χ1v) is 9.28. The third-order valence-corrected chi connectivity index (χ3v) is 5.99. The first-order valence-electron chi connectivity index (χ1n) is 9.28. The number of allylic oxidation sites excluding steroid dienone is 3. The smallest absolute Gasteiger partial charge is 0.308 e. The summed E-state index contributed by atoms with van der Waals surface area (Å²) in [5, 5.41) is 10.6. The fourth-order valence-electron chi connectivity index (χ4n) is 4.71. The lowest BCUT2D eigenvalue weighted by Crippen LogP contribution is -2.39. The number of carbonyl (C=O) groups excluding carboxylic acids is 1. The second-order valence-corrected chi connectivity index (χ2v) is 7.84. The Morgan fingerprint density at radius 3 is 2.83 bits per heavy atom. The van der Waals surface area contributed by atoms with Crippen LogP contribution in [0.3, 0.4) is 0 Å². The lowest BCUT2D eigenvalue weighted by atomic mass is 9.65. The van der Waals surface area contributed by atoms with Crippen LogP contribution in [0.5, 0.6) is 0 Å². The number of aliphatic hydroxyl groups excluding tert-OH is 1. The quantitative estimate of drug-likeness (QED) is 0.802. The summed E-state index contributed by atoms with van der Waals surface area (Å²) in [5.74, 6) is 1.35. The molecule has 0 radical (unpaired) electrons. The fraction of sp³-hybridized carbons (Fsp3) is 0.750. The number of hydrogen-bond donors (Lipinski definition) is 1. The Hall–Kier alpha value is -1.13. The van der Waals surface area contributed by atoms with Crippen molar-refractivity contribution in [2.24, 2.45) is 23.7 Å². The molecule has 0 spiro atoms. The first-order chi connectivity index (χ1) is 11.5. The van der Waals surface area contributed by atoms with Gasteiger partial charge in [0.25, 0.3) is 0 Å². The van der Waals surface area contributed by atoms with Crippen LogP contribution in [-0.4, -0.2) is 36.5 Å². The predicted molar refractivity (Wildman–Crippen MR) is 92.3 cm³/mol. The van der Waals surface area contributed by atoms with E-state index in [4.69, 9.17) is 9.47 Å². The van der Waals surface area contributed by atoms with E-state index in [2.05, 4.69) is 32.1 Å². The number of fused-ring (bicyclic) bond motifs is 1. The number of aliphatic hydroxyl groups is 1. The van der Waals surface area contributed by atoms with E-state index in [1.165, 1.54) is 5.57 Å². The molecular formula is C20H30O4. The molecular weight excluding hydrogens is 304 g/mol. The zero-order chi connectivity index (χ0) is 17.3. The van der Waals surface area contributed by atoms with E-state index in [9.17, 15) is 9.90 Å². The average molecular weight is 334 g/mol. The van der Waals surface area contributed by atoms with Crippen LogP contribution in [0.2, 0.25) is 0 Å². The zero-order valence-electron chi connectivity index (χ0n) is 15.0. The Labute approximate surface area is 144 Å². The van der Waals surface area contributed by atoms with Crippen LogP contribution in [0.15, 0.2) is 23.8 Å². The van der Waals surface area contributed by atoms with Gasteiger partial charge in [-0.15, -0.1) is 0 Å². The van der Waals surface area contributed by atoms with Crippen LogP contribution in [0.1, 0.15) is 46.0 Å². The van der Waals surface area contributed by atoms with Gasteiger partial charge < -0.3 is 14.6 Å². The standard InChI is InChI=1S/C20H30O4/c1-12-8-14-5-4-13(2)17(20(14)18(21)9-12)7-6-15-10-16(23-3)11-19(22)24-15/h4-5,8,12-13,15-18,20-21H,6-7,9-11H2,1-3H3. The molecule has 3 aliphatic rings. The van der Waals surface area contributed by atoms with E-state index in [1.807, 2.05) is 0 Å². The molecule has 1 fully saturated rings. The monoisotopic (exact) mass is 334 g/mol. The molecule has 0 bridgehead atoms. The van der Waals surface area contributed by atoms with Gasteiger partial charge in [-0.25, -0.2) is 0 Å². The zero-order valence-corrected chi connectivity index (χ0v) is 15.0. The molecule has 7 atom stereocenters. The van der Waals surface area contributed by atoms with E-state index in [0.717, 1.165) is 25.7 Å². The minimum atomic E-state index is -0.266. The highest BCUT2D eigenvalue weighted by Gasteiger charge is 2.39. The minimum absolute atomic E-state index is 0.0171. The highest BCUT2D eigenvalue weighted by molar-refractivity contribution is 5.71. The van der Waals surface area contributed by atoms with E-state index < -0.39 is 0 Å². The molecule has 134 valence electrons. The van der Waals surface area contributed by atoms with Crippen molar-refractivity contribution in [2.45, 2.75) is 64.3 Å². The molecule has 0 aromatic heterocycles. The molecule has 4 nitrogen and oxygen atoms in total. The molecule has 0 saturated carbocycles. The van der Waals surface area contributed by atoms with E-state index >= 15 is 0 Å². The summed E-state index contributed by atoms with van der Waals surface area (Å²) in [6, 6.07) is 0. The summed E-state index contributed by atoms with van der Waals surface area (Å²) in [4.78, 5) is 11.7. The van der Waals surface area contributed by atoms with Crippen LogP contribution < -0.4 is 0 Å². The van der Waals surface area contributed by atoms with Gasteiger partial charge in [-0.3, -0.25) is 4.79 Å². The second kappa shape index (κ2) is 7.40. The Morgan fingerprint density at radius 1 is 1.29 bits per heavy atom. The highest BCUT2D eigenvalue weighted by Crippen LogP contribution is 2.44. The van der Waals surface area contributed by atoms with Gasteiger partial charge in [0.15, 0.2) is 0 Å². The number of hydrogen-bond acceptors (Lipinski definition) is 4. The second-order valence-electron chi connectivity index (χ2n) is 7.84. The van der Waals surface area contributed by atoms with Crippen molar-refractivity contribution in [3.63, 3.8) is 0 Å². The molecule has 1 saturated heterocycles. The fourth-order valence-corrected chi connectivity index (χ4v) is 4.71. The Kier molecular flexibility index (Phi) is 5.46. The van der Waals surface area contributed by atoms with Crippen molar-refractivity contribution >= 4 is 5.97 Å². The lowest BCUT2D eigenvalue weighted by Gasteiger charge is -2.42. The molecule has 4 heteroatoms. The number of ether oxygens (including phenoxy) is 2. The maximum Gasteiger partial charge on any atom is 0.308 e. The van der Waals surface area contributed by atoms with Gasteiger partial charge in [-0.1, -0.05) is 32.1 Å². The van der Waals surface area contributed by atoms with Gasteiger partial charge in [-0.05, 0) is 42.6 Å². The van der Waals surface area contributed by atoms with Crippen LogP contribution in [0.4, 0.5) is 0 Å². The van der Waals surface area contributed by atoms with Gasteiger partial charge in [-0.2, -0.15) is 0 Å². The topological polar surface area (TPSA) is 55.8 Å². The van der Waals surface area contributed by atoms with Crippen LogP contribution in [0.25, 0.3) is 0 Å². The maximum atomic E-state index is 11.7. The van der Waals surface area contributed by atoms with Crippen molar-refractivity contribution < 1.29 is 19.4 Å². The van der Waals surface area contributed by atoms with Gasteiger partial charge >= 0.3 is 5.97 Å². The Balaban J connectivity index is 1.66. The number of esters is 1. The van der Waals surface area contributed by atoms with Crippen LogP contribution >= 0.6 is 0 Å². The minimum Gasteiger partial charge on any atom is -0.462 e. The van der Waals surface area contributed by atoms with Crippen LogP contribution in [-0.2, 0) is 14.3 Å². The molecule has 0 amide bonds. The van der Waals surface area contributed by atoms with Gasteiger partial charge in [0.1, 0.15) is 6.10 Å². The van der Waals surface area contributed by atoms with Crippen LogP contribution in [0, 0.1) is 23.7 Å². The number of methoxy groups -OCH3 is 1. The Bertz CT molecular complexity index is 524. The summed E-state index contributed by atoms with van der Waals surface area (Å²) in [7, 11) is 1.66. The molecule has 2 aliphatic carbocycles. The summed E-state index contributed by atoms with van der Waals surface area (Å²) in [6.45, 7) is 4.40. The normalized spacial score (nSPS) is 42.2. The molecule has 0 aromatic rings. The molecule has 7 unspecified atom stereocenters. The summed E-state index contributed by atoms with van der Waals surface area (Å²) < 4.78 is 10.9. The van der Waals surface area contributed by atoms with Crippen molar-refractivity contribution in [1.29, 1.82) is 0 Å². The van der Waals surface area contributed by atoms with E-state index in [-0.39, 0.29) is 30.2 Å². The molecule has 3 rings (SSSR count). The molecule has 1 heterocycles. The predicted octanol–water partition coefficient (Wildman–Crippen LogP) is 3.25. The number of rotatable bonds is 4. The highest BCUT2D eigenvalue weighted by atomic mass is 16.6. The van der Waals surface area contributed by atoms with E-state index in [0.29, 0.717) is 24.2 Å². The number of carbonyl (C=O) groups is 1. The molecule has 24 heavy (non-hydrogen) atoms. The third-order valence-electron chi connectivity index (χ3n) is 5.99. The van der Waals surface area contributed by atoms with Gasteiger partial charge in [0, 0.05) is 19.4 Å². The van der Waals surface area contributed by atoms with Gasteiger partial charge in [0.05, 0.1) is 18.6 Å². The van der Waals surface area contributed by atoms with Crippen molar-refractivity contribution in [2.75, 3.05) is 7.11 Å². The average Bonchev–Trinajstić information content (AvgIpc) is 2.53. The lowest BCUT2D eigenvalue weighted by molar-refractivity contribution is -0.162. The Morgan fingerprint density at radius 2 is 2.08 bits per heavy atom. The van der Waals surface area contributed by atoms with Gasteiger partial charge in [0.2, 0.25) is 0 Å². The molecule has 1 N–H and O–H groups in total.